The van der Waals surface area contributed by atoms with E-state index in [-0.39, 0.29) is 0 Å². The Morgan fingerprint density at radius 1 is 1.29 bits per heavy atom. The van der Waals surface area contributed by atoms with E-state index in [0.717, 1.165) is 25.2 Å². The molecule has 2 aromatic rings. The van der Waals surface area contributed by atoms with Gasteiger partial charge < -0.3 is 0 Å². The van der Waals surface area contributed by atoms with E-state index in [0.29, 0.717) is 4.83 Å². The van der Waals surface area contributed by atoms with E-state index in [1.165, 1.54) is 5.56 Å². The van der Waals surface area contributed by atoms with Crippen LogP contribution in [-0.2, 0) is 13.0 Å². The van der Waals surface area contributed by atoms with Gasteiger partial charge in [-0.25, -0.2) is 4.98 Å². The molecular formula is C13H16BrN3. The molecule has 1 atom stereocenters. The van der Waals surface area contributed by atoms with E-state index < -0.39 is 0 Å². The van der Waals surface area contributed by atoms with Gasteiger partial charge in [0.2, 0.25) is 0 Å². The Bertz CT molecular complexity index is 453. The predicted molar refractivity (Wildman–Crippen MR) is 72.1 cm³/mol. The third-order valence-corrected chi connectivity index (χ3v) is 3.76. The molecule has 90 valence electrons. The van der Waals surface area contributed by atoms with Gasteiger partial charge in [0.15, 0.2) is 0 Å². The Balaban J connectivity index is 1.95. The SMILES string of the molecule is CCn1ncnc1CCC(Br)c1ccccc1. The number of aromatic nitrogens is 3. The monoisotopic (exact) mass is 293 g/mol. The van der Waals surface area contributed by atoms with Crippen molar-refractivity contribution in [2.75, 3.05) is 0 Å². The maximum absolute atomic E-state index is 4.28. The van der Waals surface area contributed by atoms with Gasteiger partial charge in [-0.1, -0.05) is 46.3 Å². The molecule has 0 aliphatic carbocycles. The van der Waals surface area contributed by atoms with Gasteiger partial charge in [-0.15, -0.1) is 0 Å². The maximum atomic E-state index is 4.28. The summed E-state index contributed by atoms with van der Waals surface area (Å²) in [5, 5.41) is 4.18. The molecule has 0 bridgehead atoms. The molecule has 0 fully saturated rings. The molecule has 0 spiro atoms. The third-order valence-electron chi connectivity index (χ3n) is 2.78. The zero-order chi connectivity index (χ0) is 12.1. The molecule has 4 heteroatoms. The van der Waals surface area contributed by atoms with Crippen LogP contribution in [0, 0.1) is 0 Å². The molecule has 0 N–H and O–H groups in total. The van der Waals surface area contributed by atoms with Crippen molar-refractivity contribution in [2.24, 2.45) is 0 Å². The van der Waals surface area contributed by atoms with Gasteiger partial charge in [0.1, 0.15) is 12.2 Å². The van der Waals surface area contributed by atoms with Crippen molar-refractivity contribution in [3.63, 3.8) is 0 Å². The fourth-order valence-electron chi connectivity index (χ4n) is 1.83. The summed E-state index contributed by atoms with van der Waals surface area (Å²) in [6, 6.07) is 10.5. The Morgan fingerprint density at radius 2 is 2.06 bits per heavy atom. The summed E-state index contributed by atoms with van der Waals surface area (Å²) in [5.41, 5.74) is 1.31. The first kappa shape index (κ1) is 12.3. The molecule has 17 heavy (non-hydrogen) atoms. The lowest BCUT2D eigenvalue weighted by molar-refractivity contribution is 0.601. The van der Waals surface area contributed by atoms with Gasteiger partial charge in [0.05, 0.1) is 0 Å². The molecule has 0 aliphatic rings. The number of alkyl halides is 1. The van der Waals surface area contributed by atoms with Crippen molar-refractivity contribution in [3.8, 4) is 0 Å². The normalized spacial score (nSPS) is 12.6. The van der Waals surface area contributed by atoms with E-state index in [1.807, 2.05) is 10.7 Å². The Hall–Kier alpha value is -1.16. The number of rotatable bonds is 5. The second kappa shape index (κ2) is 5.96. The van der Waals surface area contributed by atoms with E-state index >= 15 is 0 Å². The van der Waals surface area contributed by atoms with Crippen molar-refractivity contribution in [1.29, 1.82) is 0 Å². The Labute approximate surface area is 110 Å². The standard InChI is InChI=1S/C13H16BrN3/c1-2-17-13(15-10-16-17)9-8-12(14)11-6-4-3-5-7-11/h3-7,10,12H,2,8-9H2,1H3. The third kappa shape index (κ3) is 3.16. The molecule has 2 rings (SSSR count). The lowest BCUT2D eigenvalue weighted by Gasteiger charge is -2.09. The average molecular weight is 294 g/mol. The fourth-order valence-corrected chi connectivity index (χ4v) is 2.36. The van der Waals surface area contributed by atoms with E-state index in [4.69, 9.17) is 0 Å². The summed E-state index contributed by atoms with van der Waals surface area (Å²) in [6.45, 7) is 2.97. The summed E-state index contributed by atoms with van der Waals surface area (Å²) in [7, 11) is 0. The van der Waals surface area contributed by atoms with Crippen LogP contribution in [0.25, 0.3) is 0 Å². The van der Waals surface area contributed by atoms with E-state index in [1.54, 1.807) is 6.33 Å². The highest BCUT2D eigenvalue weighted by Crippen LogP contribution is 2.27. The van der Waals surface area contributed by atoms with Gasteiger partial charge in [-0.2, -0.15) is 5.10 Å². The first-order chi connectivity index (χ1) is 8.31. The zero-order valence-corrected chi connectivity index (χ0v) is 11.5. The zero-order valence-electron chi connectivity index (χ0n) is 9.88. The molecule has 1 heterocycles. The van der Waals surface area contributed by atoms with Crippen LogP contribution >= 0.6 is 15.9 Å². The molecule has 0 saturated carbocycles. The van der Waals surface area contributed by atoms with Crippen LogP contribution in [0.2, 0.25) is 0 Å². The Kier molecular flexibility index (Phi) is 4.31. The largest absolute Gasteiger partial charge is 0.250 e. The topological polar surface area (TPSA) is 30.7 Å². The van der Waals surface area contributed by atoms with Crippen LogP contribution in [-0.4, -0.2) is 14.8 Å². The second-order valence-electron chi connectivity index (χ2n) is 3.91. The molecule has 0 aliphatic heterocycles. The van der Waals surface area contributed by atoms with Crippen molar-refractivity contribution in [2.45, 2.75) is 31.1 Å². The van der Waals surface area contributed by atoms with Crippen LogP contribution < -0.4 is 0 Å². The summed E-state index contributed by atoms with van der Waals surface area (Å²) in [6.07, 6.45) is 3.60. The van der Waals surface area contributed by atoms with Crippen molar-refractivity contribution < 1.29 is 0 Å². The average Bonchev–Trinajstić information content (AvgIpc) is 2.84. The van der Waals surface area contributed by atoms with Crippen LogP contribution in [0.1, 0.15) is 29.6 Å². The smallest absolute Gasteiger partial charge is 0.138 e. The number of aryl methyl sites for hydroxylation is 2. The molecule has 0 radical (unpaired) electrons. The molecule has 1 aromatic carbocycles. The van der Waals surface area contributed by atoms with Gasteiger partial charge in [0, 0.05) is 17.8 Å². The van der Waals surface area contributed by atoms with Crippen LogP contribution in [0.3, 0.4) is 0 Å². The second-order valence-corrected chi connectivity index (χ2v) is 5.01. The van der Waals surface area contributed by atoms with Crippen LogP contribution in [0.5, 0.6) is 0 Å². The Morgan fingerprint density at radius 3 is 2.76 bits per heavy atom. The van der Waals surface area contributed by atoms with E-state index in [2.05, 4.69) is 57.2 Å². The molecule has 3 nitrogen and oxygen atoms in total. The van der Waals surface area contributed by atoms with Crippen molar-refractivity contribution >= 4 is 15.9 Å². The predicted octanol–water partition coefficient (Wildman–Crippen LogP) is 3.37. The molecular weight excluding hydrogens is 278 g/mol. The minimum absolute atomic E-state index is 0.380. The lowest BCUT2D eigenvalue weighted by atomic mass is 10.1. The molecule has 0 amide bonds. The van der Waals surface area contributed by atoms with Crippen molar-refractivity contribution in [3.05, 3.63) is 48.0 Å². The summed E-state index contributed by atoms with van der Waals surface area (Å²) < 4.78 is 1.95. The fraction of sp³-hybridized carbons (Fsp3) is 0.385. The minimum Gasteiger partial charge on any atom is -0.250 e. The number of hydrogen-bond acceptors (Lipinski definition) is 2. The first-order valence-electron chi connectivity index (χ1n) is 5.87. The maximum Gasteiger partial charge on any atom is 0.138 e. The van der Waals surface area contributed by atoms with Gasteiger partial charge in [-0.05, 0) is 18.9 Å². The minimum atomic E-state index is 0.380. The van der Waals surface area contributed by atoms with Gasteiger partial charge in [0.25, 0.3) is 0 Å². The molecule has 1 unspecified atom stereocenters. The lowest BCUT2D eigenvalue weighted by Crippen LogP contribution is -2.04. The summed E-state index contributed by atoms with van der Waals surface area (Å²) in [4.78, 5) is 4.66. The number of halogens is 1. The highest BCUT2D eigenvalue weighted by atomic mass is 79.9. The highest BCUT2D eigenvalue weighted by Gasteiger charge is 2.09. The quantitative estimate of drug-likeness (QED) is 0.792. The summed E-state index contributed by atoms with van der Waals surface area (Å²) >= 11 is 3.72. The number of benzene rings is 1. The first-order valence-corrected chi connectivity index (χ1v) is 6.78. The van der Waals surface area contributed by atoms with Gasteiger partial charge in [-0.3, -0.25) is 4.68 Å². The van der Waals surface area contributed by atoms with Crippen molar-refractivity contribution in [1.82, 2.24) is 14.8 Å². The highest BCUT2D eigenvalue weighted by molar-refractivity contribution is 9.09. The van der Waals surface area contributed by atoms with Crippen LogP contribution in [0.15, 0.2) is 36.7 Å². The number of nitrogens with zero attached hydrogens (tertiary/aromatic N) is 3. The molecule has 1 aromatic heterocycles. The van der Waals surface area contributed by atoms with E-state index in [9.17, 15) is 0 Å². The van der Waals surface area contributed by atoms with Gasteiger partial charge >= 0.3 is 0 Å². The molecule has 0 saturated heterocycles. The van der Waals surface area contributed by atoms with Crippen LogP contribution in [0.4, 0.5) is 0 Å². The summed E-state index contributed by atoms with van der Waals surface area (Å²) in [5.74, 6) is 1.06. The number of hydrogen-bond donors (Lipinski definition) is 0.